The van der Waals surface area contributed by atoms with Crippen molar-refractivity contribution in [2.75, 3.05) is 13.2 Å². The molecule has 0 aromatic rings. The van der Waals surface area contributed by atoms with Crippen LogP contribution in [0.25, 0.3) is 0 Å². The number of esters is 3. The summed E-state index contributed by atoms with van der Waals surface area (Å²) in [5, 5.41) is 0. The Morgan fingerprint density at radius 3 is 0.785 bits per heavy atom. The average molecular weight is 1110 g/mol. The topological polar surface area (TPSA) is 78.9 Å². The van der Waals surface area contributed by atoms with Crippen molar-refractivity contribution < 1.29 is 28.6 Å². The minimum atomic E-state index is -0.782. The van der Waals surface area contributed by atoms with E-state index in [4.69, 9.17) is 14.2 Å². The highest BCUT2D eigenvalue weighted by molar-refractivity contribution is 5.71. The minimum absolute atomic E-state index is 0.0768. The zero-order chi connectivity index (χ0) is 57.1. The second-order valence-corrected chi connectivity index (χ2v) is 23.4. The van der Waals surface area contributed by atoms with Gasteiger partial charge >= 0.3 is 17.9 Å². The van der Waals surface area contributed by atoms with E-state index in [0.29, 0.717) is 19.3 Å². The van der Waals surface area contributed by atoms with E-state index in [9.17, 15) is 14.4 Å². The van der Waals surface area contributed by atoms with Crippen LogP contribution in [0.5, 0.6) is 0 Å². The third kappa shape index (κ3) is 65.8. The van der Waals surface area contributed by atoms with Crippen LogP contribution in [0.15, 0.2) is 60.8 Å². The molecule has 6 heteroatoms. The SMILES string of the molecule is CC/C=C\C/C=C\C/C=C\CCCCCCCCCC(=O)OC(COC(=O)CCCCCCCCC/C=C\CCCCCCCC)COC(=O)CCCCCCCCCCCCCCCCC/C=C\CCCCCCCCCC. The maximum absolute atomic E-state index is 12.9. The number of rotatable bonds is 64. The third-order valence-electron chi connectivity index (χ3n) is 15.5. The first-order valence-corrected chi connectivity index (χ1v) is 34.8. The zero-order valence-electron chi connectivity index (χ0n) is 52.9. The highest BCUT2D eigenvalue weighted by Gasteiger charge is 2.19. The maximum Gasteiger partial charge on any atom is 0.306 e. The van der Waals surface area contributed by atoms with Crippen LogP contribution in [-0.4, -0.2) is 37.2 Å². The predicted octanol–water partition coefficient (Wildman–Crippen LogP) is 23.9. The first-order chi connectivity index (χ1) is 39.0. The Balaban J connectivity index is 4.27. The fourth-order valence-electron chi connectivity index (χ4n) is 10.3. The Morgan fingerprint density at radius 1 is 0.266 bits per heavy atom. The fraction of sp³-hybridized carbons (Fsp3) is 0.822. The summed E-state index contributed by atoms with van der Waals surface area (Å²) in [6, 6.07) is 0. The molecule has 79 heavy (non-hydrogen) atoms. The van der Waals surface area contributed by atoms with Gasteiger partial charge in [-0.3, -0.25) is 14.4 Å². The molecule has 0 bridgehead atoms. The van der Waals surface area contributed by atoms with Gasteiger partial charge in [-0.25, -0.2) is 0 Å². The van der Waals surface area contributed by atoms with Gasteiger partial charge < -0.3 is 14.2 Å². The van der Waals surface area contributed by atoms with Crippen molar-refractivity contribution in [2.45, 2.75) is 374 Å². The van der Waals surface area contributed by atoms with Gasteiger partial charge in [-0.15, -0.1) is 0 Å². The van der Waals surface area contributed by atoms with Crippen LogP contribution in [0.4, 0.5) is 0 Å². The summed E-state index contributed by atoms with van der Waals surface area (Å²) in [6.07, 6.45) is 86.7. The number of carbonyl (C=O) groups excluding carboxylic acids is 3. The number of ether oxygens (including phenoxy) is 3. The molecule has 0 aliphatic carbocycles. The molecule has 1 atom stereocenters. The summed E-state index contributed by atoms with van der Waals surface area (Å²) in [5.41, 5.74) is 0. The molecule has 0 aliphatic rings. The molecule has 0 aromatic carbocycles. The van der Waals surface area contributed by atoms with Crippen molar-refractivity contribution >= 4 is 17.9 Å². The monoisotopic (exact) mass is 1110 g/mol. The van der Waals surface area contributed by atoms with Gasteiger partial charge in [0.05, 0.1) is 0 Å². The molecule has 0 heterocycles. The Labute approximate surface area is 491 Å². The molecule has 1 unspecified atom stereocenters. The highest BCUT2D eigenvalue weighted by Crippen LogP contribution is 2.18. The predicted molar refractivity (Wildman–Crippen MR) is 344 cm³/mol. The van der Waals surface area contributed by atoms with Crippen LogP contribution in [0.3, 0.4) is 0 Å². The molecule has 0 aliphatic heterocycles. The lowest BCUT2D eigenvalue weighted by Gasteiger charge is -2.18. The third-order valence-corrected chi connectivity index (χ3v) is 15.5. The smallest absolute Gasteiger partial charge is 0.306 e. The number of allylic oxidation sites excluding steroid dienone is 10. The number of hydrogen-bond acceptors (Lipinski definition) is 6. The molecular weight excluding hydrogens is 973 g/mol. The quantitative estimate of drug-likeness (QED) is 0.0261. The Bertz CT molecular complexity index is 1410. The Hall–Kier alpha value is -2.89. The molecule has 0 fully saturated rings. The lowest BCUT2D eigenvalue weighted by atomic mass is 10.0. The molecule has 0 aromatic heterocycles. The van der Waals surface area contributed by atoms with E-state index >= 15 is 0 Å². The second kappa shape index (κ2) is 67.6. The van der Waals surface area contributed by atoms with E-state index in [-0.39, 0.29) is 31.1 Å². The zero-order valence-corrected chi connectivity index (χ0v) is 52.9. The molecule has 0 spiro atoms. The van der Waals surface area contributed by atoms with Gasteiger partial charge in [0.1, 0.15) is 13.2 Å². The normalized spacial score (nSPS) is 12.4. The molecular formula is C73H132O6. The number of hydrogen-bond donors (Lipinski definition) is 0. The fourth-order valence-corrected chi connectivity index (χ4v) is 10.3. The molecule has 6 nitrogen and oxygen atoms in total. The second-order valence-electron chi connectivity index (χ2n) is 23.4. The Morgan fingerprint density at radius 2 is 0.494 bits per heavy atom. The molecule has 0 saturated heterocycles. The van der Waals surface area contributed by atoms with Crippen LogP contribution in [0.2, 0.25) is 0 Å². The maximum atomic E-state index is 12.9. The van der Waals surface area contributed by atoms with E-state index in [1.54, 1.807) is 0 Å². The van der Waals surface area contributed by atoms with E-state index < -0.39 is 6.10 Å². The van der Waals surface area contributed by atoms with Crippen LogP contribution in [0, 0.1) is 0 Å². The van der Waals surface area contributed by atoms with E-state index in [1.165, 1.54) is 244 Å². The van der Waals surface area contributed by atoms with Crippen LogP contribution in [-0.2, 0) is 28.6 Å². The van der Waals surface area contributed by atoms with E-state index in [2.05, 4.69) is 81.5 Å². The lowest BCUT2D eigenvalue weighted by Crippen LogP contribution is -2.30. The van der Waals surface area contributed by atoms with Gasteiger partial charge in [0.15, 0.2) is 6.10 Å². The van der Waals surface area contributed by atoms with Gasteiger partial charge in [-0.1, -0.05) is 306 Å². The number of unbranched alkanes of at least 4 members (excludes halogenated alkanes) is 43. The summed E-state index contributed by atoms with van der Waals surface area (Å²) in [4.78, 5) is 38.4. The summed E-state index contributed by atoms with van der Waals surface area (Å²) >= 11 is 0. The number of carbonyl (C=O) groups is 3. The van der Waals surface area contributed by atoms with Crippen molar-refractivity contribution in [1.82, 2.24) is 0 Å². The molecule has 0 radical (unpaired) electrons. The minimum Gasteiger partial charge on any atom is -0.462 e. The lowest BCUT2D eigenvalue weighted by molar-refractivity contribution is -0.167. The van der Waals surface area contributed by atoms with Gasteiger partial charge in [-0.2, -0.15) is 0 Å². The first-order valence-electron chi connectivity index (χ1n) is 34.8. The summed E-state index contributed by atoms with van der Waals surface area (Å²) in [6.45, 7) is 6.57. The van der Waals surface area contributed by atoms with Gasteiger partial charge in [0.25, 0.3) is 0 Å². The van der Waals surface area contributed by atoms with Crippen molar-refractivity contribution in [3.63, 3.8) is 0 Å². The van der Waals surface area contributed by atoms with Gasteiger partial charge in [0.2, 0.25) is 0 Å². The Kier molecular flexibility index (Phi) is 65.1. The molecule has 0 amide bonds. The van der Waals surface area contributed by atoms with Crippen LogP contribution >= 0.6 is 0 Å². The van der Waals surface area contributed by atoms with E-state index in [1.807, 2.05) is 0 Å². The van der Waals surface area contributed by atoms with Crippen LogP contribution in [0.1, 0.15) is 367 Å². The highest BCUT2D eigenvalue weighted by atomic mass is 16.6. The average Bonchev–Trinajstić information content (AvgIpc) is 3.45. The molecule has 0 N–H and O–H groups in total. The van der Waals surface area contributed by atoms with E-state index in [0.717, 1.165) is 83.5 Å². The van der Waals surface area contributed by atoms with Crippen molar-refractivity contribution in [3.05, 3.63) is 60.8 Å². The van der Waals surface area contributed by atoms with Crippen molar-refractivity contribution in [3.8, 4) is 0 Å². The summed E-state index contributed by atoms with van der Waals surface area (Å²) < 4.78 is 17.0. The molecule has 0 rings (SSSR count). The molecule has 0 saturated carbocycles. The van der Waals surface area contributed by atoms with Gasteiger partial charge in [0, 0.05) is 19.3 Å². The van der Waals surface area contributed by atoms with Crippen molar-refractivity contribution in [2.24, 2.45) is 0 Å². The summed E-state index contributed by atoms with van der Waals surface area (Å²) in [7, 11) is 0. The standard InChI is InChI=1S/C73H132O6/c1-4-7-10-13-16-19-22-25-28-31-32-33-34-35-36-37-38-39-40-43-45-48-51-54-57-60-63-66-72(75)78-69-70(79-73(76)67-64-61-58-55-52-49-46-42-30-27-24-21-18-15-12-9-6-3)68-77-71(74)65-62-59-56-53-50-47-44-41-29-26-23-20-17-14-11-8-5-2/h9,12,18,21,26-27,29-32,70H,4-8,10-11,13-17,19-20,22-25,28,33-69H2,1-3H3/b12-9-,21-18-,29-26-,30-27-,32-31-. The van der Waals surface area contributed by atoms with Crippen LogP contribution < -0.4 is 0 Å². The first kappa shape index (κ1) is 76.1. The van der Waals surface area contributed by atoms with Crippen molar-refractivity contribution in [1.29, 1.82) is 0 Å². The molecule has 460 valence electrons. The largest absolute Gasteiger partial charge is 0.462 e. The van der Waals surface area contributed by atoms with Gasteiger partial charge in [-0.05, 0) is 103 Å². The summed E-state index contributed by atoms with van der Waals surface area (Å²) in [5.74, 6) is -0.870.